The number of rotatable bonds is 9. The van der Waals surface area contributed by atoms with Crippen molar-refractivity contribution in [3.05, 3.63) is 64.2 Å². The van der Waals surface area contributed by atoms with Crippen molar-refractivity contribution in [2.24, 2.45) is 0 Å². The number of piperazine rings is 1. The molecule has 0 radical (unpaired) electrons. The van der Waals surface area contributed by atoms with Gasteiger partial charge in [-0.25, -0.2) is 8.42 Å². The highest BCUT2D eigenvalue weighted by atomic mass is 32.2. The Bertz CT molecular complexity index is 1060. The van der Waals surface area contributed by atoms with Gasteiger partial charge in [-0.15, -0.1) is 0 Å². The van der Waals surface area contributed by atoms with Crippen LogP contribution in [-0.2, 0) is 14.8 Å². The third-order valence-corrected chi connectivity index (χ3v) is 7.20. The van der Waals surface area contributed by atoms with Crippen molar-refractivity contribution < 1.29 is 22.9 Å². The molecule has 0 spiro atoms. The second-order valence-electron chi connectivity index (χ2n) is 7.66. The van der Waals surface area contributed by atoms with Crippen molar-refractivity contribution >= 4 is 21.6 Å². The number of hydrogen-bond donors (Lipinski definition) is 0. The van der Waals surface area contributed by atoms with Crippen molar-refractivity contribution in [3.63, 3.8) is 0 Å². The van der Waals surface area contributed by atoms with E-state index in [1.165, 1.54) is 22.5 Å². The van der Waals surface area contributed by atoms with E-state index in [-0.39, 0.29) is 29.6 Å². The summed E-state index contributed by atoms with van der Waals surface area (Å²) in [6.07, 6.45) is 1.83. The summed E-state index contributed by atoms with van der Waals surface area (Å²) in [5, 5.41) is 10.9. The SMILES string of the molecule is Cc1cccc(OCCCCC(=O)N2CCN(S(=O)(=O)c3cccc([N+](=O)[O-])c3)CC2)c1. The molecular weight excluding hydrogens is 434 g/mol. The molecule has 2 aromatic rings. The molecule has 9 nitrogen and oxygen atoms in total. The Labute approximate surface area is 187 Å². The van der Waals surface area contributed by atoms with Gasteiger partial charge in [0.15, 0.2) is 0 Å². The van der Waals surface area contributed by atoms with E-state index < -0.39 is 14.9 Å². The Morgan fingerprint density at radius 2 is 1.78 bits per heavy atom. The molecule has 0 aromatic heterocycles. The minimum Gasteiger partial charge on any atom is -0.494 e. The molecule has 0 saturated carbocycles. The van der Waals surface area contributed by atoms with Gasteiger partial charge >= 0.3 is 0 Å². The standard InChI is InChI=1S/C22H27N3O6S/c1-18-6-4-8-20(16-18)31-15-3-2-10-22(26)23-11-13-24(14-12-23)32(29,30)21-9-5-7-19(17-21)25(27)28/h4-9,16-17H,2-3,10-15H2,1H3. The average molecular weight is 462 g/mol. The van der Waals surface area contributed by atoms with E-state index >= 15 is 0 Å². The monoisotopic (exact) mass is 461 g/mol. The van der Waals surface area contributed by atoms with Crippen LogP contribution < -0.4 is 4.74 Å². The van der Waals surface area contributed by atoms with Gasteiger partial charge in [-0.1, -0.05) is 18.2 Å². The molecule has 1 fully saturated rings. The number of amides is 1. The van der Waals surface area contributed by atoms with E-state index in [0.717, 1.165) is 23.8 Å². The first kappa shape index (κ1) is 23.7. The lowest BCUT2D eigenvalue weighted by atomic mass is 10.2. The summed E-state index contributed by atoms with van der Waals surface area (Å²) in [5.41, 5.74) is 0.857. The molecular formula is C22H27N3O6S. The van der Waals surface area contributed by atoms with Crippen LogP contribution in [-0.4, -0.2) is 61.2 Å². The fourth-order valence-corrected chi connectivity index (χ4v) is 4.98. The second kappa shape index (κ2) is 10.6. The normalized spacial score (nSPS) is 14.8. The fourth-order valence-electron chi connectivity index (χ4n) is 3.52. The first-order chi connectivity index (χ1) is 15.3. The molecule has 10 heteroatoms. The van der Waals surface area contributed by atoms with Crippen molar-refractivity contribution in [2.75, 3.05) is 32.8 Å². The quantitative estimate of drug-likeness (QED) is 0.323. The Balaban J connectivity index is 1.43. The number of benzene rings is 2. The lowest BCUT2D eigenvalue weighted by Crippen LogP contribution is -2.50. The van der Waals surface area contributed by atoms with Crippen molar-refractivity contribution in [1.82, 2.24) is 9.21 Å². The summed E-state index contributed by atoms with van der Waals surface area (Å²) in [4.78, 5) is 24.3. The number of nitrogens with zero attached hydrogens (tertiary/aromatic N) is 3. The maximum atomic E-state index is 12.8. The third kappa shape index (κ3) is 6.04. The molecule has 1 saturated heterocycles. The number of carbonyl (C=O) groups excluding carboxylic acids is 1. The van der Waals surface area contributed by atoms with E-state index in [2.05, 4.69) is 0 Å². The van der Waals surface area contributed by atoms with Gasteiger partial charge in [0.05, 0.1) is 16.4 Å². The molecule has 0 unspecified atom stereocenters. The van der Waals surface area contributed by atoms with Gasteiger partial charge < -0.3 is 9.64 Å². The van der Waals surface area contributed by atoms with E-state index in [9.17, 15) is 23.3 Å². The molecule has 2 aromatic carbocycles. The summed E-state index contributed by atoms with van der Waals surface area (Å²) in [7, 11) is -3.85. The number of hydrogen-bond acceptors (Lipinski definition) is 6. The molecule has 1 aliphatic heterocycles. The molecule has 32 heavy (non-hydrogen) atoms. The minimum absolute atomic E-state index is 0.00653. The third-order valence-electron chi connectivity index (χ3n) is 5.30. The highest BCUT2D eigenvalue weighted by molar-refractivity contribution is 7.89. The zero-order valence-corrected chi connectivity index (χ0v) is 18.8. The largest absolute Gasteiger partial charge is 0.494 e. The van der Waals surface area contributed by atoms with Crippen LogP contribution in [0.1, 0.15) is 24.8 Å². The Kier molecular flexibility index (Phi) is 7.81. The zero-order chi connectivity index (χ0) is 23.1. The van der Waals surface area contributed by atoms with E-state index in [1.807, 2.05) is 31.2 Å². The summed E-state index contributed by atoms with van der Waals surface area (Å²) < 4.78 is 32.6. The number of nitro groups is 1. The summed E-state index contributed by atoms with van der Waals surface area (Å²) in [5.74, 6) is 0.811. The topological polar surface area (TPSA) is 110 Å². The van der Waals surface area contributed by atoms with Gasteiger partial charge in [0, 0.05) is 44.7 Å². The van der Waals surface area contributed by atoms with Crippen LogP contribution in [0.5, 0.6) is 5.75 Å². The van der Waals surface area contributed by atoms with Gasteiger partial charge in [0.25, 0.3) is 5.69 Å². The predicted molar refractivity (Wildman–Crippen MR) is 119 cm³/mol. The Morgan fingerprint density at radius 1 is 1.06 bits per heavy atom. The lowest BCUT2D eigenvalue weighted by Gasteiger charge is -2.34. The van der Waals surface area contributed by atoms with E-state index in [4.69, 9.17) is 4.74 Å². The molecule has 1 aliphatic rings. The lowest BCUT2D eigenvalue weighted by molar-refractivity contribution is -0.385. The predicted octanol–water partition coefficient (Wildman–Crippen LogP) is 2.99. The van der Waals surface area contributed by atoms with Crippen LogP contribution in [0.15, 0.2) is 53.4 Å². The maximum Gasteiger partial charge on any atom is 0.270 e. The summed E-state index contributed by atoms with van der Waals surface area (Å²) >= 11 is 0. The van der Waals surface area contributed by atoms with E-state index in [1.54, 1.807) is 4.90 Å². The van der Waals surface area contributed by atoms with Gasteiger partial charge in [-0.05, 0) is 43.5 Å². The molecule has 3 rings (SSSR count). The number of sulfonamides is 1. The van der Waals surface area contributed by atoms with Crippen LogP contribution in [0.4, 0.5) is 5.69 Å². The molecule has 0 aliphatic carbocycles. The highest BCUT2D eigenvalue weighted by Crippen LogP contribution is 2.22. The zero-order valence-electron chi connectivity index (χ0n) is 18.0. The van der Waals surface area contributed by atoms with Crippen molar-refractivity contribution in [1.29, 1.82) is 0 Å². The molecule has 1 heterocycles. The van der Waals surface area contributed by atoms with Crippen molar-refractivity contribution in [3.8, 4) is 5.75 Å². The van der Waals surface area contributed by atoms with Crippen molar-refractivity contribution in [2.45, 2.75) is 31.1 Å². The highest BCUT2D eigenvalue weighted by Gasteiger charge is 2.30. The summed E-state index contributed by atoms with van der Waals surface area (Å²) in [6, 6.07) is 12.8. The number of carbonyl (C=O) groups is 1. The van der Waals surface area contributed by atoms with Crippen LogP contribution in [0, 0.1) is 17.0 Å². The first-order valence-corrected chi connectivity index (χ1v) is 11.9. The smallest absolute Gasteiger partial charge is 0.270 e. The van der Waals surface area contributed by atoms with Gasteiger partial charge in [0.2, 0.25) is 15.9 Å². The molecule has 172 valence electrons. The number of unbranched alkanes of at least 4 members (excludes halogenated alkanes) is 1. The number of nitro benzene ring substituents is 1. The Hall–Kier alpha value is -2.98. The Morgan fingerprint density at radius 3 is 2.47 bits per heavy atom. The minimum atomic E-state index is -3.85. The number of ether oxygens (including phenoxy) is 1. The van der Waals surface area contributed by atoms with Crippen LogP contribution in [0.25, 0.3) is 0 Å². The fraction of sp³-hybridized carbons (Fsp3) is 0.409. The second-order valence-corrected chi connectivity index (χ2v) is 9.60. The molecule has 0 N–H and O–H groups in total. The average Bonchev–Trinajstić information content (AvgIpc) is 2.79. The van der Waals surface area contributed by atoms with E-state index in [0.29, 0.717) is 32.5 Å². The first-order valence-electron chi connectivity index (χ1n) is 10.5. The molecule has 1 amide bonds. The molecule has 0 bridgehead atoms. The maximum absolute atomic E-state index is 12.8. The number of non-ortho nitro benzene ring substituents is 1. The van der Waals surface area contributed by atoms with Crippen LogP contribution >= 0.6 is 0 Å². The molecule has 0 atom stereocenters. The summed E-state index contributed by atoms with van der Waals surface area (Å²) in [6.45, 7) is 3.45. The van der Waals surface area contributed by atoms with Gasteiger partial charge in [-0.3, -0.25) is 14.9 Å². The van der Waals surface area contributed by atoms with Gasteiger partial charge in [0.1, 0.15) is 5.75 Å². The van der Waals surface area contributed by atoms with Crippen LogP contribution in [0.3, 0.4) is 0 Å². The van der Waals surface area contributed by atoms with Gasteiger partial charge in [-0.2, -0.15) is 4.31 Å². The number of aryl methyl sites for hydroxylation is 1. The van der Waals surface area contributed by atoms with Crippen LogP contribution in [0.2, 0.25) is 0 Å².